The van der Waals surface area contributed by atoms with Crippen molar-refractivity contribution in [3.8, 4) is 5.75 Å². The molecular weight excluding hydrogens is 402 g/mol. The Morgan fingerprint density at radius 1 is 1.06 bits per heavy atom. The topological polar surface area (TPSA) is 79.7 Å². The standard InChI is InChI=1S/C25H21N5O2/c31-24-15-30-12-9-18(10-13-30)16-32-20-7-8-23-21(14-20)25(28-17-27-23)29-22-6-2-1-4-19(22)5-3-11-26-24/h1-9,11-12,14,16-17H,10,13,15H2,(H,27,28,29). The molecule has 1 N–H and O–H groups in total. The number of aromatic nitrogens is 2. The van der Waals surface area contributed by atoms with Gasteiger partial charge in [0.25, 0.3) is 5.91 Å². The number of carbonyl (C=O) groups excluding carboxylic acids is 1. The van der Waals surface area contributed by atoms with Crippen molar-refractivity contribution >= 4 is 40.6 Å². The summed E-state index contributed by atoms with van der Waals surface area (Å²) in [6.07, 6.45) is 13.1. The maximum absolute atomic E-state index is 12.2. The number of allylic oxidation sites excluding steroid dienone is 2. The molecule has 3 aliphatic heterocycles. The highest BCUT2D eigenvalue weighted by molar-refractivity contribution is 5.94. The third kappa shape index (κ3) is 4.41. The summed E-state index contributed by atoms with van der Waals surface area (Å²) in [7, 11) is 0. The Kier molecular flexibility index (Phi) is 5.45. The van der Waals surface area contributed by atoms with E-state index in [0.29, 0.717) is 11.6 Å². The van der Waals surface area contributed by atoms with Crippen LogP contribution in [0.4, 0.5) is 11.5 Å². The van der Waals surface area contributed by atoms with Crippen molar-refractivity contribution in [2.24, 2.45) is 4.99 Å². The third-order valence-corrected chi connectivity index (χ3v) is 5.27. The molecule has 1 aromatic heterocycles. The van der Waals surface area contributed by atoms with Crippen molar-refractivity contribution in [1.29, 1.82) is 0 Å². The number of carbonyl (C=O) groups is 1. The number of benzene rings is 2. The first-order valence-electron chi connectivity index (χ1n) is 10.4. The van der Waals surface area contributed by atoms with E-state index < -0.39 is 0 Å². The molecule has 0 unspecified atom stereocenters. The molecule has 0 fully saturated rings. The molecule has 0 radical (unpaired) electrons. The summed E-state index contributed by atoms with van der Waals surface area (Å²) < 4.78 is 5.93. The van der Waals surface area contributed by atoms with E-state index in [0.717, 1.165) is 40.7 Å². The molecule has 6 rings (SSSR count). The van der Waals surface area contributed by atoms with Gasteiger partial charge in [-0.05, 0) is 60.2 Å². The van der Waals surface area contributed by atoms with Crippen LogP contribution in [-0.4, -0.2) is 40.1 Å². The van der Waals surface area contributed by atoms with E-state index in [1.807, 2.05) is 65.7 Å². The predicted molar refractivity (Wildman–Crippen MR) is 126 cm³/mol. The van der Waals surface area contributed by atoms with Gasteiger partial charge in [-0.3, -0.25) is 4.79 Å². The second kappa shape index (κ2) is 8.85. The molecule has 3 aromatic rings. The minimum absolute atomic E-state index is 0.188. The summed E-state index contributed by atoms with van der Waals surface area (Å²) >= 11 is 0. The average Bonchev–Trinajstić information content (AvgIpc) is 2.82. The molecule has 0 aliphatic carbocycles. The molecule has 7 heteroatoms. The fourth-order valence-corrected chi connectivity index (χ4v) is 3.59. The summed E-state index contributed by atoms with van der Waals surface area (Å²) in [5.41, 5.74) is 3.69. The van der Waals surface area contributed by atoms with Gasteiger partial charge < -0.3 is 15.0 Å². The van der Waals surface area contributed by atoms with Gasteiger partial charge in [0.05, 0.1) is 18.3 Å². The Morgan fingerprint density at radius 3 is 2.91 bits per heavy atom. The van der Waals surface area contributed by atoms with Crippen LogP contribution in [0.15, 0.2) is 84.0 Å². The van der Waals surface area contributed by atoms with E-state index in [1.54, 1.807) is 12.3 Å². The number of anilines is 2. The van der Waals surface area contributed by atoms with E-state index in [9.17, 15) is 4.79 Å². The number of ether oxygens (including phenoxy) is 1. The van der Waals surface area contributed by atoms with Crippen LogP contribution in [0, 0.1) is 0 Å². The molecule has 158 valence electrons. The molecule has 0 atom stereocenters. The molecule has 4 bridgehead atoms. The van der Waals surface area contributed by atoms with Crippen LogP contribution in [0.1, 0.15) is 12.0 Å². The molecular formula is C25H21N5O2. The summed E-state index contributed by atoms with van der Waals surface area (Å²) in [6, 6.07) is 13.6. The third-order valence-electron chi connectivity index (χ3n) is 5.27. The van der Waals surface area contributed by atoms with Gasteiger partial charge in [-0.25, -0.2) is 15.0 Å². The minimum Gasteiger partial charge on any atom is -0.465 e. The molecule has 0 saturated heterocycles. The van der Waals surface area contributed by atoms with Crippen molar-refractivity contribution in [3.63, 3.8) is 0 Å². The van der Waals surface area contributed by atoms with Gasteiger partial charge in [0.1, 0.15) is 17.9 Å². The lowest BCUT2D eigenvalue weighted by Gasteiger charge is -2.22. The molecule has 1 amide bonds. The molecule has 32 heavy (non-hydrogen) atoms. The fourth-order valence-electron chi connectivity index (χ4n) is 3.59. The number of aliphatic imine (C=N–C) groups is 1. The lowest BCUT2D eigenvalue weighted by molar-refractivity contribution is -0.118. The van der Waals surface area contributed by atoms with Crippen LogP contribution in [0.3, 0.4) is 0 Å². The molecule has 0 spiro atoms. The van der Waals surface area contributed by atoms with Crippen molar-refractivity contribution in [2.45, 2.75) is 6.42 Å². The van der Waals surface area contributed by atoms with Gasteiger partial charge in [0.15, 0.2) is 0 Å². The van der Waals surface area contributed by atoms with Crippen LogP contribution >= 0.6 is 0 Å². The van der Waals surface area contributed by atoms with E-state index in [2.05, 4.69) is 20.3 Å². The van der Waals surface area contributed by atoms with Crippen LogP contribution in [0.2, 0.25) is 0 Å². The molecule has 2 aromatic carbocycles. The number of hydrogen-bond acceptors (Lipinski definition) is 6. The van der Waals surface area contributed by atoms with Gasteiger partial charge in [-0.15, -0.1) is 0 Å². The maximum atomic E-state index is 12.2. The zero-order valence-electron chi connectivity index (χ0n) is 17.3. The summed E-state index contributed by atoms with van der Waals surface area (Å²) in [6.45, 7) is 0.980. The SMILES string of the molecule is O=C1CN2C=CC(=COc3ccc4ncnc(c4c3)Nc3ccccc3C=CC=N1)CC2. The van der Waals surface area contributed by atoms with Crippen molar-refractivity contribution in [3.05, 3.63) is 84.5 Å². The molecule has 7 nitrogen and oxygen atoms in total. The first kappa shape index (κ1) is 19.7. The number of rotatable bonds is 0. The normalized spacial score (nSPS) is 16.1. The van der Waals surface area contributed by atoms with E-state index in [1.165, 1.54) is 12.5 Å². The summed E-state index contributed by atoms with van der Waals surface area (Å²) in [5.74, 6) is 1.20. The van der Waals surface area contributed by atoms with E-state index in [4.69, 9.17) is 4.74 Å². The number of fused-ring (bicyclic) bond motifs is 5. The molecule has 0 saturated carbocycles. The summed E-state index contributed by atoms with van der Waals surface area (Å²) in [4.78, 5) is 27.0. The highest BCUT2D eigenvalue weighted by Crippen LogP contribution is 2.29. The van der Waals surface area contributed by atoms with Crippen LogP contribution in [0.5, 0.6) is 5.75 Å². The Bertz CT molecular complexity index is 1290. The Balaban J connectivity index is 1.58. The molecule has 3 aliphatic rings. The Morgan fingerprint density at radius 2 is 2.00 bits per heavy atom. The van der Waals surface area contributed by atoms with E-state index >= 15 is 0 Å². The Hall–Kier alpha value is -4.26. The van der Waals surface area contributed by atoms with Gasteiger partial charge in [-0.2, -0.15) is 0 Å². The molecule has 4 heterocycles. The van der Waals surface area contributed by atoms with Crippen molar-refractivity contribution < 1.29 is 9.53 Å². The number of amides is 1. The second-order valence-electron chi connectivity index (χ2n) is 7.49. The van der Waals surface area contributed by atoms with Crippen molar-refractivity contribution in [1.82, 2.24) is 14.9 Å². The van der Waals surface area contributed by atoms with Crippen LogP contribution in [-0.2, 0) is 4.79 Å². The number of nitrogens with one attached hydrogen (secondary N) is 1. The van der Waals surface area contributed by atoms with Crippen molar-refractivity contribution in [2.75, 3.05) is 18.4 Å². The second-order valence-corrected chi connectivity index (χ2v) is 7.49. The average molecular weight is 423 g/mol. The first-order valence-corrected chi connectivity index (χ1v) is 10.4. The monoisotopic (exact) mass is 423 g/mol. The predicted octanol–water partition coefficient (Wildman–Crippen LogP) is 4.48. The number of para-hydroxylation sites is 1. The van der Waals surface area contributed by atoms with Gasteiger partial charge in [0.2, 0.25) is 0 Å². The Labute approximate surface area is 185 Å². The highest BCUT2D eigenvalue weighted by Gasteiger charge is 2.12. The first-order chi connectivity index (χ1) is 15.7. The zero-order chi connectivity index (χ0) is 21.8. The van der Waals surface area contributed by atoms with Gasteiger partial charge in [0, 0.05) is 23.8 Å². The lowest BCUT2D eigenvalue weighted by atomic mass is 10.1. The summed E-state index contributed by atoms with van der Waals surface area (Å²) in [5, 5.41) is 4.26. The van der Waals surface area contributed by atoms with E-state index in [-0.39, 0.29) is 12.5 Å². The maximum Gasteiger partial charge on any atom is 0.265 e. The zero-order valence-corrected chi connectivity index (χ0v) is 17.3. The van der Waals surface area contributed by atoms with Crippen LogP contribution < -0.4 is 10.1 Å². The highest BCUT2D eigenvalue weighted by atomic mass is 16.5. The lowest BCUT2D eigenvalue weighted by Crippen LogP contribution is -2.27. The fraction of sp³-hybridized carbons (Fsp3) is 0.120. The van der Waals surface area contributed by atoms with Gasteiger partial charge >= 0.3 is 0 Å². The minimum atomic E-state index is -0.188. The largest absolute Gasteiger partial charge is 0.465 e. The van der Waals surface area contributed by atoms with Gasteiger partial charge in [-0.1, -0.05) is 24.3 Å². The quantitative estimate of drug-likeness (QED) is 0.574. The van der Waals surface area contributed by atoms with Crippen LogP contribution in [0.25, 0.3) is 17.0 Å². The number of nitrogens with zero attached hydrogens (tertiary/aromatic N) is 4. The smallest absolute Gasteiger partial charge is 0.265 e. The number of hydrogen-bond donors (Lipinski definition) is 1.